The summed E-state index contributed by atoms with van der Waals surface area (Å²) >= 11 is 0. The molecule has 3 aromatic heterocycles. The number of carbonyl (C=O) groups excluding carboxylic acids is 1. The summed E-state index contributed by atoms with van der Waals surface area (Å²) in [7, 11) is 0. The van der Waals surface area contributed by atoms with Crippen LogP contribution in [0.4, 0.5) is 5.95 Å². The number of pyridine rings is 2. The molecule has 0 saturated heterocycles. The Bertz CT molecular complexity index is 1030. The van der Waals surface area contributed by atoms with Crippen LogP contribution in [0.5, 0.6) is 0 Å². The molecular formula is C20H16N6O. The molecule has 0 saturated carbocycles. The van der Waals surface area contributed by atoms with Crippen LogP contribution in [0.3, 0.4) is 0 Å². The lowest BCUT2D eigenvalue weighted by atomic mass is 10.2. The van der Waals surface area contributed by atoms with Crippen LogP contribution < -0.4 is 5.32 Å². The van der Waals surface area contributed by atoms with Gasteiger partial charge in [-0.2, -0.15) is 9.67 Å². The standard InChI is InChI=1S/C20H16N6O/c27-19(16-6-2-1-3-7-16)26-20(23-14-15-9-12-21-13-10-15)24-18(25-26)17-8-4-5-11-22-17/h1-13H,14H2,(H,23,24,25). The van der Waals surface area contributed by atoms with Crippen molar-refractivity contribution < 1.29 is 4.79 Å². The van der Waals surface area contributed by atoms with Gasteiger partial charge in [-0.3, -0.25) is 14.8 Å². The van der Waals surface area contributed by atoms with Crippen molar-refractivity contribution in [2.45, 2.75) is 6.54 Å². The highest BCUT2D eigenvalue weighted by atomic mass is 16.2. The Balaban J connectivity index is 1.69. The molecule has 7 nitrogen and oxygen atoms in total. The molecule has 0 amide bonds. The average molecular weight is 356 g/mol. The predicted octanol–water partition coefficient (Wildman–Crippen LogP) is 3.04. The summed E-state index contributed by atoms with van der Waals surface area (Å²) in [4.78, 5) is 25.7. The first kappa shape index (κ1) is 16.6. The zero-order valence-electron chi connectivity index (χ0n) is 14.4. The molecule has 0 aliphatic heterocycles. The third kappa shape index (κ3) is 3.72. The number of nitrogens with zero attached hydrogens (tertiary/aromatic N) is 5. The molecule has 1 aromatic carbocycles. The van der Waals surface area contributed by atoms with Gasteiger partial charge in [0.15, 0.2) is 0 Å². The third-order valence-corrected chi connectivity index (χ3v) is 3.91. The smallest absolute Gasteiger partial charge is 0.281 e. The quantitative estimate of drug-likeness (QED) is 0.591. The minimum Gasteiger partial charge on any atom is -0.350 e. The molecule has 0 fully saturated rings. The van der Waals surface area contributed by atoms with Crippen molar-refractivity contribution in [2.24, 2.45) is 0 Å². The molecule has 4 rings (SSSR count). The van der Waals surface area contributed by atoms with Gasteiger partial charge in [-0.05, 0) is 42.0 Å². The average Bonchev–Trinajstić information content (AvgIpc) is 3.18. The first-order valence-corrected chi connectivity index (χ1v) is 8.42. The van der Waals surface area contributed by atoms with E-state index < -0.39 is 0 Å². The maximum atomic E-state index is 12.9. The van der Waals surface area contributed by atoms with Gasteiger partial charge in [0, 0.05) is 30.7 Å². The van der Waals surface area contributed by atoms with Gasteiger partial charge >= 0.3 is 0 Å². The van der Waals surface area contributed by atoms with Crippen molar-refractivity contribution in [2.75, 3.05) is 5.32 Å². The molecule has 132 valence electrons. The molecule has 27 heavy (non-hydrogen) atoms. The van der Waals surface area contributed by atoms with E-state index in [1.54, 1.807) is 36.8 Å². The molecule has 0 aliphatic carbocycles. The molecule has 7 heteroatoms. The minimum atomic E-state index is -0.262. The van der Waals surface area contributed by atoms with Gasteiger partial charge in [-0.1, -0.05) is 24.3 Å². The number of benzene rings is 1. The molecule has 0 aliphatic rings. The molecule has 4 aromatic rings. The zero-order chi connectivity index (χ0) is 18.5. The third-order valence-electron chi connectivity index (χ3n) is 3.91. The fraction of sp³-hybridized carbons (Fsp3) is 0.0500. The maximum absolute atomic E-state index is 12.9. The van der Waals surface area contributed by atoms with E-state index in [4.69, 9.17) is 0 Å². The monoisotopic (exact) mass is 356 g/mol. The van der Waals surface area contributed by atoms with E-state index in [-0.39, 0.29) is 5.91 Å². The van der Waals surface area contributed by atoms with Gasteiger partial charge < -0.3 is 5.32 Å². The number of rotatable bonds is 5. The lowest BCUT2D eigenvalue weighted by Crippen LogP contribution is -2.17. The molecule has 0 atom stereocenters. The summed E-state index contributed by atoms with van der Waals surface area (Å²) in [5, 5.41) is 7.57. The summed E-state index contributed by atoms with van der Waals surface area (Å²) in [5.74, 6) is 0.487. The fourth-order valence-corrected chi connectivity index (χ4v) is 2.56. The SMILES string of the molecule is O=C(c1ccccc1)n1nc(-c2ccccn2)nc1NCc1ccncc1. The highest BCUT2D eigenvalue weighted by Gasteiger charge is 2.19. The van der Waals surface area contributed by atoms with Crippen LogP contribution in [0.25, 0.3) is 11.5 Å². The topological polar surface area (TPSA) is 85.6 Å². The maximum Gasteiger partial charge on any atom is 0.281 e. The van der Waals surface area contributed by atoms with Gasteiger partial charge in [0.1, 0.15) is 5.69 Å². The van der Waals surface area contributed by atoms with Crippen LogP contribution in [0.15, 0.2) is 79.3 Å². The second kappa shape index (κ2) is 7.57. The van der Waals surface area contributed by atoms with E-state index in [0.29, 0.717) is 29.6 Å². The van der Waals surface area contributed by atoms with Gasteiger partial charge in [-0.15, -0.1) is 5.10 Å². The first-order valence-electron chi connectivity index (χ1n) is 8.42. The molecule has 0 unspecified atom stereocenters. The molecule has 3 heterocycles. The normalized spacial score (nSPS) is 10.5. The van der Waals surface area contributed by atoms with Gasteiger partial charge in [0.2, 0.25) is 11.8 Å². The largest absolute Gasteiger partial charge is 0.350 e. The summed E-state index contributed by atoms with van der Waals surface area (Å²) in [5.41, 5.74) is 2.15. The van der Waals surface area contributed by atoms with Gasteiger partial charge in [0.05, 0.1) is 0 Å². The van der Waals surface area contributed by atoms with E-state index >= 15 is 0 Å². The molecule has 0 bridgehead atoms. The minimum absolute atomic E-state index is 0.262. The van der Waals surface area contributed by atoms with Crippen LogP contribution in [-0.4, -0.2) is 30.6 Å². The molecule has 0 radical (unpaired) electrons. The highest BCUT2D eigenvalue weighted by molar-refractivity contribution is 5.97. The Morgan fingerprint density at radius 2 is 1.70 bits per heavy atom. The first-order chi connectivity index (χ1) is 13.3. The summed E-state index contributed by atoms with van der Waals surface area (Å²) in [6.45, 7) is 0.491. The lowest BCUT2D eigenvalue weighted by molar-refractivity contribution is 0.0947. The van der Waals surface area contributed by atoms with Crippen molar-refractivity contribution >= 4 is 11.9 Å². The van der Waals surface area contributed by atoms with Gasteiger partial charge in [0.25, 0.3) is 5.91 Å². The Kier molecular flexibility index (Phi) is 4.65. The van der Waals surface area contributed by atoms with E-state index in [9.17, 15) is 4.79 Å². The zero-order valence-corrected chi connectivity index (χ0v) is 14.4. The second-order valence-corrected chi connectivity index (χ2v) is 5.77. The number of anilines is 1. The van der Waals surface area contributed by atoms with Crippen molar-refractivity contribution in [3.63, 3.8) is 0 Å². The number of hydrogen-bond donors (Lipinski definition) is 1. The van der Waals surface area contributed by atoms with Crippen molar-refractivity contribution in [1.82, 2.24) is 24.7 Å². The van der Waals surface area contributed by atoms with Crippen molar-refractivity contribution in [3.05, 3.63) is 90.4 Å². The van der Waals surface area contributed by atoms with E-state index in [1.165, 1.54) is 4.68 Å². The summed E-state index contributed by atoms with van der Waals surface area (Å²) in [6.07, 6.45) is 5.10. The van der Waals surface area contributed by atoms with E-state index in [2.05, 4.69) is 25.4 Å². The van der Waals surface area contributed by atoms with E-state index in [1.807, 2.05) is 42.5 Å². The van der Waals surface area contributed by atoms with Crippen molar-refractivity contribution in [1.29, 1.82) is 0 Å². The summed E-state index contributed by atoms with van der Waals surface area (Å²) < 4.78 is 1.28. The lowest BCUT2D eigenvalue weighted by Gasteiger charge is -2.07. The number of carbonyl (C=O) groups is 1. The van der Waals surface area contributed by atoms with Crippen LogP contribution in [-0.2, 0) is 6.54 Å². The molecule has 1 N–H and O–H groups in total. The fourth-order valence-electron chi connectivity index (χ4n) is 2.56. The van der Waals surface area contributed by atoms with Crippen LogP contribution in [0.2, 0.25) is 0 Å². The van der Waals surface area contributed by atoms with Crippen LogP contribution >= 0.6 is 0 Å². The van der Waals surface area contributed by atoms with Crippen molar-refractivity contribution in [3.8, 4) is 11.5 Å². The predicted molar refractivity (Wildman–Crippen MR) is 101 cm³/mol. The molecule has 0 spiro atoms. The number of nitrogens with one attached hydrogen (secondary N) is 1. The van der Waals surface area contributed by atoms with Gasteiger partial charge in [-0.25, -0.2) is 0 Å². The Labute approximate surface area is 155 Å². The molecular weight excluding hydrogens is 340 g/mol. The Morgan fingerprint density at radius 1 is 0.926 bits per heavy atom. The number of hydrogen-bond acceptors (Lipinski definition) is 6. The Morgan fingerprint density at radius 3 is 2.44 bits per heavy atom. The summed E-state index contributed by atoms with van der Waals surface area (Å²) in [6, 6.07) is 18.2. The van der Waals surface area contributed by atoms with Crippen LogP contribution in [0, 0.1) is 0 Å². The van der Waals surface area contributed by atoms with E-state index in [0.717, 1.165) is 5.56 Å². The van der Waals surface area contributed by atoms with Crippen LogP contribution in [0.1, 0.15) is 15.9 Å². The highest BCUT2D eigenvalue weighted by Crippen LogP contribution is 2.17. The second-order valence-electron chi connectivity index (χ2n) is 5.77. The number of aromatic nitrogens is 5. The Hall–Kier alpha value is -3.87.